The molecule has 0 saturated heterocycles. The van der Waals surface area contributed by atoms with Gasteiger partial charge in [-0.3, -0.25) is 0 Å². The fourth-order valence-corrected chi connectivity index (χ4v) is 0.856. The van der Waals surface area contributed by atoms with Crippen LogP contribution in [-0.2, 0) is 0 Å². The van der Waals surface area contributed by atoms with E-state index in [1.165, 1.54) is 24.3 Å². The maximum absolute atomic E-state index is 10.5. The van der Waals surface area contributed by atoms with Crippen molar-refractivity contribution in [2.24, 2.45) is 0 Å². The van der Waals surface area contributed by atoms with Crippen molar-refractivity contribution in [3.05, 3.63) is 41.8 Å². The summed E-state index contributed by atoms with van der Waals surface area (Å²) in [6.07, 6.45) is 2.00. The van der Waals surface area contributed by atoms with E-state index >= 15 is 0 Å². The van der Waals surface area contributed by atoms with Crippen molar-refractivity contribution in [2.45, 2.75) is 13.8 Å². The van der Waals surface area contributed by atoms with Crippen LogP contribution in [0.3, 0.4) is 0 Å². The molecule has 0 heterocycles. The molecule has 0 spiro atoms. The van der Waals surface area contributed by atoms with Crippen LogP contribution in [0.25, 0.3) is 0 Å². The van der Waals surface area contributed by atoms with Crippen LogP contribution in [0.4, 0.5) is 0 Å². The molecular formula is C11H13NaO4. The number of carboxylic acids is 2. The summed E-state index contributed by atoms with van der Waals surface area (Å²) in [6, 6.07) is 5.48. The van der Waals surface area contributed by atoms with Gasteiger partial charge in [0.05, 0.1) is 11.1 Å². The molecule has 1 aromatic carbocycles. The maximum atomic E-state index is 10.5. The van der Waals surface area contributed by atoms with E-state index < -0.39 is 11.9 Å². The van der Waals surface area contributed by atoms with E-state index in [0.29, 0.717) is 0 Å². The smallest absolute Gasteiger partial charge is 0.478 e. The van der Waals surface area contributed by atoms with Gasteiger partial charge in [-0.1, -0.05) is 12.1 Å². The second-order valence-corrected chi connectivity index (χ2v) is 2.73. The molecule has 0 amide bonds. The van der Waals surface area contributed by atoms with Gasteiger partial charge >= 0.3 is 41.5 Å². The second kappa shape index (κ2) is 9.39. The molecule has 0 aliphatic carbocycles. The third-order valence-electron chi connectivity index (χ3n) is 1.39. The van der Waals surface area contributed by atoms with E-state index in [1.807, 2.05) is 20.3 Å². The monoisotopic (exact) mass is 232 g/mol. The van der Waals surface area contributed by atoms with Gasteiger partial charge in [0.1, 0.15) is 0 Å². The molecule has 0 saturated carbocycles. The van der Waals surface area contributed by atoms with Gasteiger partial charge in [0.15, 0.2) is 0 Å². The van der Waals surface area contributed by atoms with Gasteiger partial charge < -0.3 is 16.6 Å². The fraction of sp³-hybridized carbons (Fsp3) is 0.182. The summed E-state index contributed by atoms with van der Waals surface area (Å²) in [7, 11) is 0. The van der Waals surface area contributed by atoms with Crippen molar-refractivity contribution in [1.82, 2.24) is 0 Å². The van der Waals surface area contributed by atoms with E-state index in [1.54, 1.807) is 0 Å². The second-order valence-electron chi connectivity index (χ2n) is 2.73. The average Bonchev–Trinajstić information content (AvgIpc) is 2.19. The molecule has 1 rings (SSSR count). The predicted octanol–water partition coefficient (Wildman–Crippen LogP) is -0.683. The normalized spacial score (nSPS) is 8.12. The maximum Gasteiger partial charge on any atom is 1.00 e. The molecule has 0 unspecified atom stereocenters. The van der Waals surface area contributed by atoms with E-state index in [4.69, 9.17) is 10.2 Å². The van der Waals surface area contributed by atoms with Gasteiger partial charge in [0, 0.05) is 0 Å². The summed E-state index contributed by atoms with van der Waals surface area (Å²) in [5, 5.41) is 17.1. The van der Waals surface area contributed by atoms with Crippen molar-refractivity contribution >= 4 is 11.9 Å². The number of rotatable bonds is 2. The Balaban J connectivity index is 0. The molecule has 1 aromatic rings. The van der Waals surface area contributed by atoms with Crippen molar-refractivity contribution in [3.63, 3.8) is 0 Å². The van der Waals surface area contributed by atoms with Crippen LogP contribution < -0.4 is 29.6 Å². The molecular weight excluding hydrogens is 219 g/mol. The Morgan fingerprint density at radius 3 is 1.44 bits per heavy atom. The first-order valence-electron chi connectivity index (χ1n) is 4.34. The molecule has 0 radical (unpaired) electrons. The minimum atomic E-state index is -1.23. The van der Waals surface area contributed by atoms with Crippen molar-refractivity contribution in [3.8, 4) is 0 Å². The van der Waals surface area contributed by atoms with Crippen LogP contribution in [0, 0.1) is 6.42 Å². The topological polar surface area (TPSA) is 74.6 Å². The number of benzene rings is 1. The van der Waals surface area contributed by atoms with E-state index in [0.717, 1.165) is 0 Å². The van der Waals surface area contributed by atoms with Gasteiger partial charge in [0.2, 0.25) is 0 Å². The van der Waals surface area contributed by atoms with Crippen molar-refractivity contribution in [2.75, 3.05) is 0 Å². The molecule has 0 aliphatic rings. The SMILES string of the molecule is C[CH-]C.O=C(O)c1ccccc1C(=O)O.[Na+]. The van der Waals surface area contributed by atoms with Gasteiger partial charge in [-0.2, -0.15) is 13.8 Å². The molecule has 0 bridgehead atoms. The van der Waals surface area contributed by atoms with Crippen molar-refractivity contribution < 1.29 is 49.4 Å². The van der Waals surface area contributed by atoms with E-state index in [9.17, 15) is 9.59 Å². The zero-order chi connectivity index (χ0) is 11.8. The Morgan fingerprint density at radius 1 is 1.00 bits per heavy atom. The molecule has 82 valence electrons. The molecule has 2 N–H and O–H groups in total. The van der Waals surface area contributed by atoms with Crippen LogP contribution in [0.2, 0.25) is 0 Å². The third kappa shape index (κ3) is 5.90. The third-order valence-corrected chi connectivity index (χ3v) is 1.39. The van der Waals surface area contributed by atoms with Gasteiger partial charge in [0.25, 0.3) is 0 Å². The molecule has 16 heavy (non-hydrogen) atoms. The Labute approximate surface area is 117 Å². The summed E-state index contributed by atoms with van der Waals surface area (Å²) in [5.74, 6) is -2.46. The van der Waals surface area contributed by atoms with Crippen molar-refractivity contribution in [1.29, 1.82) is 0 Å². The van der Waals surface area contributed by atoms with Crippen LogP contribution in [0.15, 0.2) is 24.3 Å². The standard InChI is InChI=1S/C8H6O4.C3H7.Na/c9-7(10)5-3-1-2-4-6(5)8(11)12;1-3-2;/h1-4H,(H,9,10)(H,11,12);3H,1-2H3;/q;-1;+1. The number of carbonyl (C=O) groups is 2. The summed E-state index contributed by atoms with van der Waals surface area (Å²) in [4.78, 5) is 20.9. The zero-order valence-corrected chi connectivity index (χ0v) is 11.6. The largest absolute Gasteiger partial charge is 1.00 e. The molecule has 0 aliphatic heterocycles. The first kappa shape index (κ1) is 17.6. The average molecular weight is 232 g/mol. The summed E-state index contributed by atoms with van der Waals surface area (Å²) in [6.45, 7) is 4.00. The summed E-state index contributed by atoms with van der Waals surface area (Å²) < 4.78 is 0. The fourth-order valence-electron chi connectivity index (χ4n) is 0.856. The molecule has 5 heteroatoms. The molecule has 0 atom stereocenters. The predicted molar refractivity (Wildman–Crippen MR) is 56.0 cm³/mol. The van der Waals surface area contributed by atoms with E-state index in [2.05, 4.69) is 0 Å². The quantitative estimate of drug-likeness (QED) is 0.523. The minimum Gasteiger partial charge on any atom is -0.478 e. The Kier molecular flexibility index (Phi) is 10.3. The zero-order valence-electron chi connectivity index (χ0n) is 9.60. The van der Waals surface area contributed by atoms with Crippen LogP contribution in [-0.4, -0.2) is 22.2 Å². The summed E-state index contributed by atoms with van der Waals surface area (Å²) >= 11 is 0. The molecule has 0 aromatic heterocycles. The van der Waals surface area contributed by atoms with Crippen LogP contribution >= 0.6 is 0 Å². The Morgan fingerprint density at radius 2 is 1.25 bits per heavy atom. The number of carboxylic acid groups (broad SMARTS) is 2. The van der Waals surface area contributed by atoms with E-state index in [-0.39, 0.29) is 40.7 Å². The Hall–Kier alpha value is -0.840. The minimum absolute atomic E-state index is 0. The first-order chi connectivity index (χ1) is 7.04. The number of hydrogen-bond acceptors (Lipinski definition) is 2. The summed E-state index contributed by atoms with van der Waals surface area (Å²) in [5.41, 5.74) is -0.380. The molecule has 4 nitrogen and oxygen atoms in total. The number of aromatic carboxylic acids is 2. The molecule has 0 fully saturated rings. The van der Waals surface area contributed by atoms with Crippen LogP contribution in [0.1, 0.15) is 34.6 Å². The number of hydrogen-bond donors (Lipinski definition) is 2. The van der Waals surface area contributed by atoms with Crippen LogP contribution in [0.5, 0.6) is 0 Å². The van der Waals surface area contributed by atoms with Gasteiger partial charge in [-0.15, -0.1) is 0 Å². The van der Waals surface area contributed by atoms with Gasteiger partial charge in [-0.25, -0.2) is 9.59 Å². The van der Waals surface area contributed by atoms with Gasteiger partial charge in [-0.05, 0) is 12.1 Å². The Bertz CT molecular complexity index is 317. The first-order valence-corrected chi connectivity index (χ1v) is 4.34.